The van der Waals surface area contributed by atoms with Gasteiger partial charge in [-0.1, -0.05) is 24.3 Å². The second-order valence-corrected chi connectivity index (χ2v) is 7.13. The number of aliphatic hydroxyl groups is 1. The SMILES string of the molecule is CNC(=O)c1cc(C(O)CN2CCN(c3ccccc3C)CC2)ccc1OC.Cl. The molecule has 1 saturated heterocycles. The Morgan fingerprint density at radius 3 is 2.48 bits per heavy atom. The van der Waals surface area contributed by atoms with E-state index in [4.69, 9.17) is 4.74 Å². The van der Waals surface area contributed by atoms with Crippen LogP contribution in [-0.4, -0.2) is 62.8 Å². The van der Waals surface area contributed by atoms with Crippen molar-refractivity contribution in [3.05, 3.63) is 59.2 Å². The molecule has 1 aliphatic rings. The van der Waals surface area contributed by atoms with Crippen LogP contribution in [0.4, 0.5) is 5.69 Å². The van der Waals surface area contributed by atoms with Gasteiger partial charge in [0.1, 0.15) is 5.75 Å². The van der Waals surface area contributed by atoms with E-state index < -0.39 is 6.10 Å². The lowest BCUT2D eigenvalue weighted by Crippen LogP contribution is -2.47. The van der Waals surface area contributed by atoms with Gasteiger partial charge < -0.3 is 20.1 Å². The van der Waals surface area contributed by atoms with Gasteiger partial charge >= 0.3 is 0 Å². The zero-order valence-corrected chi connectivity index (χ0v) is 18.0. The molecular weight excluding hydrogens is 390 g/mol. The minimum atomic E-state index is -0.653. The molecule has 2 aromatic rings. The van der Waals surface area contributed by atoms with E-state index >= 15 is 0 Å². The zero-order chi connectivity index (χ0) is 20.1. The highest BCUT2D eigenvalue weighted by Crippen LogP contribution is 2.25. The number of carbonyl (C=O) groups excluding carboxylic acids is 1. The van der Waals surface area contributed by atoms with E-state index in [1.54, 1.807) is 19.2 Å². The number of amides is 1. The number of aliphatic hydroxyl groups excluding tert-OH is 1. The van der Waals surface area contributed by atoms with Gasteiger partial charge in [0.2, 0.25) is 0 Å². The van der Waals surface area contributed by atoms with Crippen molar-refractivity contribution in [2.45, 2.75) is 13.0 Å². The number of halogens is 1. The van der Waals surface area contributed by atoms with Gasteiger partial charge in [-0.2, -0.15) is 0 Å². The summed E-state index contributed by atoms with van der Waals surface area (Å²) in [5.74, 6) is 0.278. The summed E-state index contributed by atoms with van der Waals surface area (Å²) < 4.78 is 5.26. The van der Waals surface area contributed by atoms with Crippen molar-refractivity contribution in [1.82, 2.24) is 10.2 Å². The number of methoxy groups -OCH3 is 1. The van der Waals surface area contributed by atoms with Gasteiger partial charge in [-0.15, -0.1) is 12.4 Å². The third-order valence-electron chi connectivity index (χ3n) is 5.34. The molecule has 3 rings (SSSR count). The molecule has 2 N–H and O–H groups in total. The average Bonchev–Trinajstić information content (AvgIpc) is 2.73. The van der Waals surface area contributed by atoms with Crippen LogP contribution in [0.1, 0.15) is 27.6 Å². The molecule has 1 atom stereocenters. The summed E-state index contributed by atoms with van der Waals surface area (Å²) in [5, 5.41) is 13.3. The molecular formula is C22H30ClN3O3. The number of nitrogens with zero attached hydrogens (tertiary/aromatic N) is 2. The molecule has 1 fully saturated rings. The highest BCUT2D eigenvalue weighted by Gasteiger charge is 2.22. The van der Waals surface area contributed by atoms with Crippen LogP contribution in [0.3, 0.4) is 0 Å². The Kier molecular flexibility index (Phi) is 8.32. The molecule has 0 saturated carbocycles. The predicted molar refractivity (Wildman–Crippen MR) is 118 cm³/mol. The van der Waals surface area contributed by atoms with Gasteiger partial charge in [0.15, 0.2) is 0 Å². The number of para-hydroxylation sites is 1. The van der Waals surface area contributed by atoms with Crippen molar-refractivity contribution in [3.8, 4) is 5.75 Å². The third-order valence-corrected chi connectivity index (χ3v) is 5.34. The molecule has 0 spiro atoms. The van der Waals surface area contributed by atoms with Gasteiger partial charge in [0.05, 0.1) is 18.8 Å². The maximum Gasteiger partial charge on any atom is 0.254 e. The zero-order valence-electron chi connectivity index (χ0n) is 17.2. The first-order valence-corrected chi connectivity index (χ1v) is 9.64. The van der Waals surface area contributed by atoms with Crippen LogP contribution in [0.5, 0.6) is 5.75 Å². The van der Waals surface area contributed by atoms with Gasteiger partial charge in [-0.05, 0) is 36.2 Å². The Hall–Kier alpha value is -2.28. The Bertz CT molecular complexity index is 823. The monoisotopic (exact) mass is 419 g/mol. The summed E-state index contributed by atoms with van der Waals surface area (Å²) in [6.45, 7) is 6.33. The minimum absolute atomic E-state index is 0. The molecule has 0 radical (unpaired) electrons. The van der Waals surface area contributed by atoms with Gasteiger partial charge in [-0.25, -0.2) is 0 Å². The fourth-order valence-corrected chi connectivity index (χ4v) is 3.68. The van der Waals surface area contributed by atoms with Crippen LogP contribution in [0.25, 0.3) is 0 Å². The van der Waals surface area contributed by atoms with Crippen LogP contribution >= 0.6 is 12.4 Å². The summed E-state index contributed by atoms with van der Waals surface area (Å²) in [4.78, 5) is 16.7. The summed E-state index contributed by atoms with van der Waals surface area (Å²) in [6.07, 6.45) is -0.653. The normalized spacial score (nSPS) is 15.4. The lowest BCUT2D eigenvalue weighted by atomic mass is 10.0. The van der Waals surface area contributed by atoms with E-state index in [0.717, 1.165) is 31.7 Å². The fraction of sp³-hybridized carbons (Fsp3) is 0.409. The average molecular weight is 420 g/mol. The standard InChI is InChI=1S/C22H29N3O3.ClH/c1-16-6-4-5-7-19(16)25-12-10-24(11-13-25)15-20(26)17-8-9-21(28-3)18(14-17)22(27)23-2;/h4-9,14,20,26H,10-13,15H2,1-3H3,(H,23,27);1H. The van der Waals surface area contributed by atoms with Crippen LogP contribution in [0.15, 0.2) is 42.5 Å². The lowest BCUT2D eigenvalue weighted by molar-refractivity contribution is 0.0958. The van der Waals surface area contributed by atoms with E-state index in [-0.39, 0.29) is 18.3 Å². The number of hydrogen-bond acceptors (Lipinski definition) is 5. The summed E-state index contributed by atoms with van der Waals surface area (Å²) >= 11 is 0. The Morgan fingerprint density at radius 1 is 1.17 bits per heavy atom. The number of piperazine rings is 1. The number of carbonyl (C=O) groups is 1. The highest BCUT2D eigenvalue weighted by molar-refractivity contribution is 5.97. The second kappa shape index (κ2) is 10.5. The number of benzene rings is 2. The van der Waals surface area contributed by atoms with Crippen LogP contribution in [0, 0.1) is 6.92 Å². The van der Waals surface area contributed by atoms with Gasteiger partial charge in [0.25, 0.3) is 5.91 Å². The molecule has 1 amide bonds. The van der Waals surface area contributed by atoms with E-state index in [1.165, 1.54) is 18.4 Å². The van der Waals surface area contributed by atoms with Gasteiger partial charge in [0, 0.05) is 45.5 Å². The molecule has 158 valence electrons. The molecule has 6 nitrogen and oxygen atoms in total. The number of hydrogen-bond donors (Lipinski definition) is 2. The fourth-order valence-electron chi connectivity index (χ4n) is 3.68. The van der Waals surface area contributed by atoms with E-state index in [0.29, 0.717) is 17.9 Å². The summed E-state index contributed by atoms with van der Waals surface area (Å²) in [7, 11) is 3.12. The van der Waals surface area contributed by atoms with Crippen molar-refractivity contribution in [2.24, 2.45) is 0 Å². The molecule has 0 aromatic heterocycles. The second-order valence-electron chi connectivity index (χ2n) is 7.13. The largest absolute Gasteiger partial charge is 0.496 e. The van der Waals surface area contributed by atoms with E-state index in [9.17, 15) is 9.90 Å². The first-order valence-electron chi connectivity index (χ1n) is 9.64. The van der Waals surface area contributed by atoms with E-state index in [2.05, 4.69) is 46.3 Å². The van der Waals surface area contributed by atoms with Crippen molar-refractivity contribution in [1.29, 1.82) is 0 Å². The number of nitrogens with one attached hydrogen (secondary N) is 1. The Morgan fingerprint density at radius 2 is 1.86 bits per heavy atom. The van der Waals surface area contributed by atoms with Crippen LogP contribution in [-0.2, 0) is 0 Å². The van der Waals surface area contributed by atoms with Crippen LogP contribution in [0.2, 0.25) is 0 Å². The number of anilines is 1. The molecule has 2 aromatic carbocycles. The summed E-state index contributed by atoms with van der Waals surface area (Å²) in [5.41, 5.74) is 3.73. The van der Waals surface area contributed by atoms with Crippen molar-refractivity contribution in [3.63, 3.8) is 0 Å². The minimum Gasteiger partial charge on any atom is -0.496 e. The number of rotatable bonds is 6. The topological polar surface area (TPSA) is 65.0 Å². The Labute approximate surface area is 178 Å². The molecule has 0 aliphatic carbocycles. The molecule has 1 aliphatic heterocycles. The Balaban J connectivity index is 0.00000300. The number of ether oxygens (including phenoxy) is 1. The quantitative estimate of drug-likeness (QED) is 0.753. The molecule has 1 unspecified atom stereocenters. The maximum absolute atomic E-state index is 12.1. The lowest BCUT2D eigenvalue weighted by Gasteiger charge is -2.37. The molecule has 0 bridgehead atoms. The van der Waals surface area contributed by atoms with E-state index in [1.807, 2.05) is 6.07 Å². The van der Waals surface area contributed by atoms with Crippen molar-refractivity contribution < 1.29 is 14.6 Å². The van der Waals surface area contributed by atoms with Crippen molar-refractivity contribution in [2.75, 3.05) is 51.8 Å². The molecule has 7 heteroatoms. The first-order chi connectivity index (χ1) is 13.5. The third kappa shape index (κ3) is 5.41. The highest BCUT2D eigenvalue weighted by atomic mass is 35.5. The van der Waals surface area contributed by atoms with Crippen molar-refractivity contribution >= 4 is 24.0 Å². The van der Waals surface area contributed by atoms with Crippen LogP contribution < -0.4 is 15.0 Å². The van der Waals surface area contributed by atoms with Gasteiger partial charge in [-0.3, -0.25) is 9.69 Å². The number of β-amino-alcohol motifs (C(OH)–C–C–N with tert-alkyl or cyclic N) is 1. The maximum atomic E-state index is 12.1. The summed E-state index contributed by atoms with van der Waals surface area (Å²) in [6, 6.07) is 13.7. The smallest absolute Gasteiger partial charge is 0.254 e. The number of aryl methyl sites for hydroxylation is 1. The first kappa shape index (κ1) is 23.0. The molecule has 1 heterocycles. The molecule has 29 heavy (non-hydrogen) atoms. The predicted octanol–water partition coefficient (Wildman–Crippen LogP) is 2.64.